The van der Waals surface area contributed by atoms with Crippen molar-refractivity contribution < 1.29 is 22.6 Å². The van der Waals surface area contributed by atoms with Gasteiger partial charge in [-0.3, -0.25) is 14.1 Å². The molecule has 2 aromatic rings. The van der Waals surface area contributed by atoms with Crippen LogP contribution in [0.3, 0.4) is 0 Å². The highest BCUT2D eigenvalue weighted by atomic mass is 32.2. The third kappa shape index (κ3) is 3.28. The zero-order valence-electron chi connectivity index (χ0n) is 15.4. The number of aromatic nitrogens is 4. The van der Waals surface area contributed by atoms with Crippen LogP contribution in [0.1, 0.15) is 36.5 Å². The molecule has 154 valence electrons. The molecule has 2 fully saturated rings. The van der Waals surface area contributed by atoms with Crippen LogP contribution in [-0.4, -0.2) is 66.5 Å². The molecule has 11 nitrogen and oxygen atoms in total. The number of benzene rings is 1. The fourth-order valence-corrected chi connectivity index (χ4v) is 6.23. The van der Waals surface area contributed by atoms with Crippen LogP contribution in [0.4, 0.5) is 0 Å². The van der Waals surface area contributed by atoms with Gasteiger partial charge in [-0.1, -0.05) is 35.5 Å². The van der Waals surface area contributed by atoms with Crippen LogP contribution >= 0.6 is 11.8 Å². The first-order valence-electron chi connectivity index (χ1n) is 8.66. The summed E-state index contributed by atoms with van der Waals surface area (Å²) in [6, 6.07) is 6.26. The lowest BCUT2D eigenvalue weighted by atomic mass is 9.95. The minimum Gasteiger partial charge on any atom is -0.340 e. The summed E-state index contributed by atoms with van der Waals surface area (Å²) in [7, 11) is -4.73. The Kier molecular flexibility index (Phi) is 4.63. The number of rotatable bonds is 5. The average Bonchev–Trinajstić information content (AvgIpc) is 3.23. The monoisotopic (exact) mass is 438 g/mol. The Morgan fingerprint density at radius 1 is 1.34 bits per heavy atom. The Morgan fingerprint density at radius 3 is 2.62 bits per heavy atom. The summed E-state index contributed by atoms with van der Waals surface area (Å²) in [5, 5.41) is 14.1. The van der Waals surface area contributed by atoms with Crippen LogP contribution in [0.2, 0.25) is 0 Å². The van der Waals surface area contributed by atoms with Gasteiger partial charge >= 0.3 is 0 Å². The van der Waals surface area contributed by atoms with Crippen molar-refractivity contribution in [3.8, 4) is 0 Å². The number of hydrogen-bond acceptors (Lipinski definition) is 8. The van der Waals surface area contributed by atoms with Gasteiger partial charge in [-0.2, -0.15) is 13.6 Å². The number of β-lactam (4-membered cyclic amide) rings is 1. The molecule has 13 heteroatoms. The molecular weight excluding hydrogens is 420 g/mol. The van der Waals surface area contributed by atoms with Crippen molar-refractivity contribution in [2.24, 2.45) is 0 Å². The quantitative estimate of drug-likeness (QED) is 0.433. The number of fused-ring (bicyclic) bond motifs is 1. The summed E-state index contributed by atoms with van der Waals surface area (Å²) < 4.78 is 32.8. The third-order valence-electron chi connectivity index (χ3n) is 4.98. The molecular formula is C16H18N6O5S2. The first kappa shape index (κ1) is 19.8. The number of H-pyrrole nitrogens is 1. The molecule has 2 aliphatic heterocycles. The van der Waals surface area contributed by atoms with E-state index in [2.05, 4.69) is 25.9 Å². The van der Waals surface area contributed by atoms with Gasteiger partial charge in [0.1, 0.15) is 17.5 Å². The van der Waals surface area contributed by atoms with E-state index in [1.807, 2.05) is 13.8 Å². The highest BCUT2D eigenvalue weighted by molar-refractivity contribution is 8.01. The molecule has 3 N–H and O–H groups in total. The van der Waals surface area contributed by atoms with E-state index in [4.69, 9.17) is 0 Å². The first-order chi connectivity index (χ1) is 13.6. The van der Waals surface area contributed by atoms with Crippen LogP contribution in [0.15, 0.2) is 30.3 Å². The van der Waals surface area contributed by atoms with Crippen molar-refractivity contribution >= 4 is 33.7 Å². The van der Waals surface area contributed by atoms with Gasteiger partial charge in [-0.05, 0) is 19.4 Å². The zero-order valence-corrected chi connectivity index (χ0v) is 17.0. The largest absolute Gasteiger partial charge is 0.340 e. The molecule has 29 heavy (non-hydrogen) atoms. The molecule has 0 spiro atoms. The first-order valence-corrected chi connectivity index (χ1v) is 11.0. The molecule has 4 atom stereocenters. The van der Waals surface area contributed by atoms with Crippen LogP contribution in [0.5, 0.6) is 0 Å². The number of aromatic amines is 1. The summed E-state index contributed by atoms with van der Waals surface area (Å²) in [5.41, 5.74) is 0.111. The maximum absolute atomic E-state index is 12.8. The number of carbonyl (C=O) groups is 2. The second kappa shape index (κ2) is 6.78. The maximum atomic E-state index is 12.8. The molecule has 0 aliphatic carbocycles. The van der Waals surface area contributed by atoms with E-state index in [0.29, 0.717) is 5.82 Å². The van der Waals surface area contributed by atoms with Gasteiger partial charge < -0.3 is 10.2 Å². The minimum absolute atomic E-state index is 0.111. The smallest absolute Gasteiger partial charge is 0.281 e. The summed E-state index contributed by atoms with van der Waals surface area (Å²) in [5.74, 6) is -0.972. The number of nitrogens with zero attached hydrogens (tertiary/aromatic N) is 4. The zero-order chi connectivity index (χ0) is 21.0. The van der Waals surface area contributed by atoms with Gasteiger partial charge in [0.05, 0.1) is 0 Å². The molecule has 2 aliphatic rings. The van der Waals surface area contributed by atoms with Crippen molar-refractivity contribution in [3.05, 3.63) is 41.7 Å². The topological polar surface area (TPSA) is 158 Å². The van der Waals surface area contributed by atoms with Crippen LogP contribution < -0.4 is 5.32 Å². The van der Waals surface area contributed by atoms with Crippen molar-refractivity contribution in [2.75, 3.05) is 0 Å². The summed E-state index contributed by atoms with van der Waals surface area (Å²) in [6.45, 7) is 3.85. The SMILES string of the molecule is CC1(C)S[C@@H]2C(NC(=O)C(c3ccccc3)S(=O)(=O)O)C(=O)N2C1c1nn[nH]n1. The van der Waals surface area contributed by atoms with Gasteiger partial charge in [0.15, 0.2) is 11.1 Å². The second-order valence-corrected chi connectivity index (χ2v) is 10.6. The molecule has 3 unspecified atom stereocenters. The van der Waals surface area contributed by atoms with E-state index in [1.54, 1.807) is 23.1 Å². The molecule has 0 bridgehead atoms. The molecule has 4 rings (SSSR count). The van der Waals surface area contributed by atoms with E-state index < -0.39 is 43.5 Å². The number of hydrogen-bond donors (Lipinski definition) is 3. The Labute approximate surface area is 170 Å². The predicted molar refractivity (Wildman–Crippen MR) is 102 cm³/mol. The standard InChI is InChI=1S/C16H18N6O5S2/c1-16(2)11(12-18-20-21-19-12)22-14(24)9(15(22)28-16)17-13(23)10(29(25,26)27)8-6-4-3-5-7-8/h3-7,9-11,15H,1-2H3,(H,17,23)(H,25,26,27)(H,18,19,20,21)/t9?,10?,11?,15-/m1/s1. The van der Waals surface area contributed by atoms with Crippen molar-refractivity contribution in [1.82, 2.24) is 30.8 Å². The summed E-state index contributed by atoms with van der Waals surface area (Å²) in [4.78, 5) is 27.1. The van der Waals surface area contributed by atoms with Gasteiger partial charge in [-0.15, -0.1) is 22.0 Å². The summed E-state index contributed by atoms with van der Waals surface area (Å²) in [6.07, 6.45) is 0. The number of amides is 2. The molecule has 3 heterocycles. The molecule has 0 saturated carbocycles. The van der Waals surface area contributed by atoms with Gasteiger partial charge in [-0.25, -0.2) is 0 Å². The van der Waals surface area contributed by atoms with Crippen LogP contribution in [0, 0.1) is 0 Å². The number of nitrogens with one attached hydrogen (secondary N) is 2. The number of thioether (sulfide) groups is 1. The fraction of sp³-hybridized carbons (Fsp3) is 0.438. The van der Waals surface area contributed by atoms with E-state index >= 15 is 0 Å². The van der Waals surface area contributed by atoms with E-state index in [9.17, 15) is 22.6 Å². The Bertz CT molecular complexity index is 1040. The van der Waals surface area contributed by atoms with Crippen molar-refractivity contribution in [1.29, 1.82) is 0 Å². The lowest BCUT2D eigenvalue weighted by Gasteiger charge is -2.44. The number of tetrazole rings is 1. The highest BCUT2D eigenvalue weighted by Crippen LogP contribution is 2.56. The number of carbonyl (C=O) groups excluding carboxylic acids is 2. The molecule has 2 amide bonds. The van der Waals surface area contributed by atoms with Crippen molar-refractivity contribution in [3.63, 3.8) is 0 Å². The van der Waals surface area contributed by atoms with Crippen LogP contribution in [-0.2, 0) is 19.7 Å². The van der Waals surface area contributed by atoms with Crippen LogP contribution in [0.25, 0.3) is 0 Å². The Morgan fingerprint density at radius 2 is 2.03 bits per heavy atom. The maximum Gasteiger partial charge on any atom is 0.281 e. The van der Waals surface area contributed by atoms with Gasteiger partial charge in [0.25, 0.3) is 10.1 Å². The normalized spacial score (nSPS) is 26.5. The van der Waals surface area contributed by atoms with E-state index in [0.717, 1.165) is 0 Å². The lowest BCUT2D eigenvalue weighted by molar-refractivity contribution is -0.151. The van der Waals surface area contributed by atoms with Gasteiger partial charge in [0, 0.05) is 4.75 Å². The molecule has 0 radical (unpaired) electrons. The molecule has 1 aromatic heterocycles. The minimum atomic E-state index is -4.73. The molecule has 1 aromatic carbocycles. The van der Waals surface area contributed by atoms with E-state index in [1.165, 1.54) is 23.9 Å². The van der Waals surface area contributed by atoms with Gasteiger partial charge in [0.2, 0.25) is 11.8 Å². The van der Waals surface area contributed by atoms with E-state index in [-0.39, 0.29) is 11.5 Å². The third-order valence-corrected chi connectivity index (χ3v) is 7.64. The molecule has 2 saturated heterocycles. The predicted octanol–water partition coefficient (Wildman–Crippen LogP) is 0.0484. The Balaban J connectivity index is 1.57. The lowest BCUT2D eigenvalue weighted by Crippen LogP contribution is -2.68. The summed E-state index contributed by atoms with van der Waals surface area (Å²) >= 11 is 1.45. The highest BCUT2D eigenvalue weighted by Gasteiger charge is 2.63. The van der Waals surface area contributed by atoms with Crippen molar-refractivity contribution in [2.45, 2.75) is 41.3 Å². The average molecular weight is 438 g/mol. The fourth-order valence-electron chi connectivity index (χ4n) is 3.77. The second-order valence-electron chi connectivity index (χ2n) is 7.32. The Hall–Kier alpha value is -2.51.